The highest BCUT2D eigenvalue weighted by Crippen LogP contribution is 2.24. The third-order valence-corrected chi connectivity index (χ3v) is 2.70. The quantitative estimate of drug-likeness (QED) is 0.732. The second-order valence-electron chi connectivity index (χ2n) is 3.98. The zero-order valence-corrected chi connectivity index (χ0v) is 9.06. The van der Waals surface area contributed by atoms with Crippen molar-refractivity contribution in [3.8, 4) is 6.07 Å². The van der Waals surface area contributed by atoms with E-state index in [2.05, 4.69) is 10.2 Å². The summed E-state index contributed by atoms with van der Waals surface area (Å²) in [5.74, 6) is -1.90. The van der Waals surface area contributed by atoms with Crippen molar-refractivity contribution < 1.29 is 13.2 Å². The molecule has 0 aromatic rings. The van der Waals surface area contributed by atoms with Crippen LogP contribution in [0.4, 0.5) is 13.2 Å². The molecule has 1 saturated heterocycles. The molecule has 0 amide bonds. The van der Waals surface area contributed by atoms with E-state index in [4.69, 9.17) is 5.26 Å². The van der Waals surface area contributed by atoms with Crippen LogP contribution < -0.4 is 5.32 Å². The average Bonchev–Trinajstić information content (AvgIpc) is 2.68. The topological polar surface area (TPSA) is 39.1 Å². The molecule has 16 heavy (non-hydrogen) atoms. The van der Waals surface area contributed by atoms with Crippen LogP contribution in [-0.2, 0) is 0 Å². The molecule has 0 aromatic carbocycles. The van der Waals surface area contributed by atoms with E-state index in [1.807, 2.05) is 0 Å². The Bertz CT molecular complexity index is 241. The number of rotatable bonds is 5. The predicted octanol–water partition coefficient (Wildman–Crippen LogP) is 1.37. The summed E-state index contributed by atoms with van der Waals surface area (Å²) in [7, 11) is 0. The minimum Gasteiger partial charge on any atom is -0.314 e. The fourth-order valence-electron chi connectivity index (χ4n) is 1.72. The Morgan fingerprint density at radius 1 is 1.31 bits per heavy atom. The molecule has 1 N–H and O–H groups in total. The maximum absolute atomic E-state index is 12.2. The molecule has 1 aliphatic rings. The standard InChI is InChI=1S/C10H16F3N3/c11-10(12,13)9(7-14)8-15-3-6-16-4-1-2-5-16/h9,15H,1-6,8H2. The maximum atomic E-state index is 12.2. The van der Waals surface area contributed by atoms with E-state index >= 15 is 0 Å². The Kier molecular flexibility index (Phi) is 5.03. The van der Waals surface area contributed by atoms with Gasteiger partial charge in [-0.05, 0) is 25.9 Å². The van der Waals surface area contributed by atoms with Gasteiger partial charge < -0.3 is 10.2 Å². The molecule has 6 heteroatoms. The Morgan fingerprint density at radius 2 is 1.94 bits per heavy atom. The van der Waals surface area contributed by atoms with Gasteiger partial charge in [-0.2, -0.15) is 18.4 Å². The van der Waals surface area contributed by atoms with Gasteiger partial charge in [0, 0.05) is 19.6 Å². The summed E-state index contributed by atoms with van der Waals surface area (Å²) in [6.45, 7) is 3.02. The summed E-state index contributed by atoms with van der Waals surface area (Å²) in [5.41, 5.74) is 0. The second kappa shape index (κ2) is 6.06. The van der Waals surface area contributed by atoms with E-state index in [1.165, 1.54) is 18.9 Å². The third kappa shape index (κ3) is 4.37. The highest BCUT2D eigenvalue weighted by Gasteiger charge is 2.39. The maximum Gasteiger partial charge on any atom is 0.405 e. The molecule has 0 aromatic heterocycles. The molecule has 0 spiro atoms. The fourth-order valence-corrected chi connectivity index (χ4v) is 1.72. The van der Waals surface area contributed by atoms with Crippen LogP contribution in [0.3, 0.4) is 0 Å². The zero-order chi connectivity index (χ0) is 12.0. The SMILES string of the molecule is N#CC(CNCCN1CCCC1)C(F)(F)F. The minimum absolute atomic E-state index is 0.312. The van der Waals surface area contributed by atoms with Crippen molar-refractivity contribution in [2.45, 2.75) is 19.0 Å². The van der Waals surface area contributed by atoms with Gasteiger partial charge in [-0.3, -0.25) is 0 Å². The highest BCUT2D eigenvalue weighted by atomic mass is 19.4. The number of nitrogens with one attached hydrogen (secondary N) is 1. The zero-order valence-electron chi connectivity index (χ0n) is 9.06. The predicted molar refractivity (Wildman–Crippen MR) is 53.7 cm³/mol. The lowest BCUT2D eigenvalue weighted by Crippen LogP contribution is -2.36. The lowest BCUT2D eigenvalue weighted by Gasteiger charge is -2.17. The van der Waals surface area contributed by atoms with Crippen LogP contribution in [0.15, 0.2) is 0 Å². The highest BCUT2D eigenvalue weighted by molar-refractivity contribution is 4.89. The Labute approximate surface area is 93.2 Å². The van der Waals surface area contributed by atoms with E-state index in [0.717, 1.165) is 19.6 Å². The first-order valence-corrected chi connectivity index (χ1v) is 5.43. The van der Waals surface area contributed by atoms with Gasteiger partial charge in [-0.1, -0.05) is 0 Å². The van der Waals surface area contributed by atoms with E-state index < -0.39 is 12.1 Å². The number of hydrogen-bond donors (Lipinski definition) is 1. The van der Waals surface area contributed by atoms with Crippen molar-refractivity contribution >= 4 is 0 Å². The van der Waals surface area contributed by atoms with Gasteiger partial charge in [-0.15, -0.1) is 0 Å². The number of alkyl halides is 3. The molecule has 92 valence electrons. The Morgan fingerprint density at radius 3 is 2.44 bits per heavy atom. The first kappa shape index (κ1) is 13.3. The lowest BCUT2D eigenvalue weighted by atomic mass is 10.1. The first-order chi connectivity index (χ1) is 7.54. The molecule has 1 heterocycles. The Hall–Kier alpha value is -0.800. The van der Waals surface area contributed by atoms with Crippen LogP contribution in [0, 0.1) is 17.2 Å². The van der Waals surface area contributed by atoms with Crippen LogP contribution in [0.2, 0.25) is 0 Å². The summed E-state index contributed by atoms with van der Waals surface area (Å²) in [6, 6.07) is 1.27. The van der Waals surface area contributed by atoms with Gasteiger partial charge in [0.25, 0.3) is 0 Å². The van der Waals surface area contributed by atoms with Crippen LogP contribution in [0.5, 0.6) is 0 Å². The number of nitrogens with zero attached hydrogens (tertiary/aromatic N) is 2. The van der Waals surface area contributed by atoms with E-state index in [1.54, 1.807) is 0 Å². The van der Waals surface area contributed by atoms with Crippen molar-refractivity contribution in [2.75, 3.05) is 32.7 Å². The van der Waals surface area contributed by atoms with Crippen LogP contribution >= 0.6 is 0 Å². The van der Waals surface area contributed by atoms with Gasteiger partial charge in [0.2, 0.25) is 0 Å². The van der Waals surface area contributed by atoms with E-state index in [9.17, 15) is 13.2 Å². The molecule has 0 bridgehead atoms. The number of halogens is 3. The van der Waals surface area contributed by atoms with Gasteiger partial charge in [0.05, 0.1) is 6.07 Å². The van der Waals surface area contributed by atoms with Gasteiger partial charge in [-0.25, -0.2) is 0 Å². The average molecular weight is 235 g/mol. The van der Waals surface area contributed by atoms with Crippen molar-refractivity contribution in [3.05, 3.63) is 0 Å². The van der Waals surface area contributed by atoms with E-state index in [0.29, 0.717) is 6.54 Å². The monoisotopic (exact) mass is 235 g/mol. The summed E-state index contributed by atoms with van der Waals surface area (Å²) in [5, 5.41) is 11.0. The Balaban J connectivity index is 2.12. The normalized spacial score (nSPS) is 19.6. The molecule has 1 fully saturated rings. The minimum atomic E-state index is -4.42. The number of nitriles is 1. The van der Waals surface area contributed by atoms with Gasteiger partial charge in [0.15, 0.2) is 5.92 Å². The largest absolute Gasteiger partial charge is 0.405 e. The fraction of sp³-hybridized carbons (Fsp3) is 0.900. The van der Waals surface area contributed by atoms with Crippen molar-refractivity contribution in [1.82, 2.24) is 10.2 Å². The van der Waals surface area contributed by atoms with Gasteiger partial charge in [0.1, 0.15) is 0 Å². The van der Waals surface area contributed by atoms with Gasteiger partial charge >= 0.3 is 6.18 Å². The summed E-state index contributed by atoms with van der Waals surface area (Å²) >= 11 is 0. The second-order valence-corrected chi connectivity index (χ2v) is 3.98. The van der Waals surface area contributed by atoms with Crippen LogP contribution in [-0.4, -0.2) is 43.8 Å². The third-order valence-electron chi connectivity index (χ3n) is 2.70. The summed E-state index contributed by atoms with van der Waals surface area (Å²) < 4.78 is 36.5. The van der Waals surface area contributed by atoms with Crippen LogP contribution in [0.25, 0.3) is 0 Å². The number of hydrogen-bond acceptors (Lipinski definition) is 3. The smallest absolute Gasteiger partial charge is 0.314 e. The number of likely N-dealkylation sites (tertiary alicyclic amines) is 1. The molecule has 1 unspecified atom stereocenters. The molecule has 0 radical (unpaired) electrons. The summed E-state index contributed by atoms with van der Waals surface area (Å²) in [4.78, 5) is 2.21. The molecular formula is C10H16F3N3. The first-order valence-electron chi connectivity index (χ1n) is 5.43. The molecule has 0 saturated carbocycles. The summed E-state index contributed by atoms with van der Waals surface area (Å²) in [6.07, 6.45) is -2.08. The van der Waals surface area contributed by atoms with E-state index in [-0.39, 0.29) is 6.54 Å². The van der Waals surface area contributed by atoms with Crippen molar-refractivity contribution in [1.29, 1.82) is 5.26 Å². The molecule has 0 aliphatic carbocycles. The molecule has 3 nitrogen and oxygen atoms in total. The van der Waals surface area contributed by atoms with Crippen molar-refractivity contribution in [2.24, 2.45) is 5.92 Å². The molecular weight excluding hydrogens is 219 g/mol. The molecule has 1 atom stereocenters. The molecule has 1 aliphatic heterocycles. The van der Waals surface area contributed by atoms with Crippen molar-refractivity contribution in [3.63, 3.8) is 0 Å². The molecule has 1 rings (SSSR count). The van der Waals surface area contributed by atoms with Crippen LogP contribution in [0.1, 0.15) is 12.8 Å². The lowest BCUT2D eigenvalue weighted by molar-refractivity contribution is -0.157.